The number of amides is 1. The van der Waals surface area contributed by atoms with Crippen molar-refractivity contribution in [2.75, 3.05) is 0 Å². The quantitative estimate of drug-likeness (QED) is 0.367. The van der Waals surface area contributed by atoms with E-state index in [1.54, 1.807) is 13.8 Å². The van der Waals surface area contributed by atoms with E-state index < -0.39 is 36.2 Å². The molecule has 92 valence electrons. The molecule has 2 saturated heterocycles. The largest absolute Gasteiger partial charge is 0.542 e. The monoisotopic (exact) mass is 383 g/mol. The van der Waals surface area contributed by atoms with Gasteiger partial charge < -0.3 is 9.55 Å². The summed E-state index contributed by atoms with van der Waals surface area (Å²) in [5.74, 6) is -1.11. The summed E-state index contributed by atoms with van der Waals surface area (Å²) in [5.41, 5.74) is 0. The van der Waals surface area contributed by atoms with Crippen molar-refractivity contribution in [1.82, 2.24) is 4.90 Å². The molecule has 5 nitrogen and oxygen atoms in total. The zero-order valence-electron chi connectivity index (χ0n) is 8.98. The summed E-state index contributed by atoms with van der Waals surface area (Å²) < 4.78 is 14.5. The molecule has 17 heavy (non-hydrogen) atoms. The molecule has 3 unspecified atom stereocenters. The molecule has 0 aromatic carbocycles. The second-order valence-electron chi connectivity index (χ2n) is 4.43. The van der Waals surface area contributed by atoms with Gasteiger partial charge in [-0.15, -0.1) is 0 Å². The standard InChI is InChI=1S/C8H8BBr2NO4S/c1-7(2)3(4(13)16-9)12-5(14)8(10,11)6(12)17(7)15/h3,6H,1-2H3. The number of nitrogens with zero attached hydrogens (tertiary/aromatic N) is 1. The molecule has 1 amide bonds. The smallest absolute Gasteiger partial charge is 0.378 e. The van der Waals surface area contributed by atoms with Gasteiger partial charge in [-0.25, -0.2) is 0 Å². The number of carbonyl (C=O) groups is 2. The molecule has 2 heterocycles. The molecule has 2 aliphatic heterocycles. The normalized spacial score (nSPS) is 37.3. The molecule has 9 heteroatoms. The van der Waals surface area contributed by atoms with E-state index in [0.717, 1.165) is 0 Å². The van der Waals surface area contributed by atoms with Crippen LogP contribution in [0.25, 0.3) is 0 Å². The highest BCUT2D eigenvalue weighted by molar-refractivity contribution is 9.26. The summed E-state index contributed by atoms with van der Waals surface area (Å²) in [5, 5.41) is -0.603. The zero-order chi connectivity index (χ0) is 13.2. The summed E-state index contributed by atoms with van der Waals surface area (Å²) in [7, 11) is 3.44. The predicted octanol–water partition coefficient (Wildman–Crippen LogP) is 0.177. The second-order valence-corrected chi connectivity index (χ2v) is 10.1. The zero-order valence-corrected chi connectivity index (χ0v) is 13.0. The number of hydrogen-bond donors (Lipinski definition) is 0. The van der Waals surface area contributed by atoms with Crippen LogP contribution in [0.5, 0.6) is 0 Å². The van der Waals surface area contributed by atoms with Crippen LogP contribution in [0, 0.1) is 0 Å². The Hall–Kier alpha value is 0.115. The molecule has 0 aromatic rings. The molecule has 2 rings (SSSR count). The van der Waals surface area contributed by atoms with Crippen molar-refractivity contribution in [3.8, 4) is 0 Å². The first-order valence-electron chi connectivity index (χ1n) is 4.69. The molecule has 3 atom stereocenters. The van der Waals surface area contributed by atoms with Gasteiger partial charge in [0.1, 0.15) is 11.4 Å². The van der Waals surface area contributed by atoms with Crippen molar-refractivity contribution in [3.63, 3.8) is 0 Å². The van der Waals surface area contributed by atoms with Crippen molar-refractivity contribution in [2.45, 2.75) is 33.2 Å². The van der Waals surface area contributed by atoms with Crippen LogP contribution in [-0.4, -0.2) is 48.4 Å². The first kappa shape index (κ1) is 13.5. The first-order chi connectivity index (χ1) is 7.67. The number of carbonyl (C=O) groups excluding carboxylic acids is 2. The lowest BCUT2D eigenvalue weighted by molar-refractivity contribution is -0.155. The van der Waals surface area contributed by atoms with E-state index in [2.05, 4.69) is 36.5 Å². The Morgan fingerprint density at radius 3 is 2.53 bits per heavy atom. The van der Waals surface area contributed by atoms with Crippen molar-refractivity contribution < 1.29 is 18.5 Å². The average molecular weight is 385 g/mol. The molecule has 0 aliphatic carbocycles. The number of fused-ring (bicyclic) bond motifs is 1. The highest BCUT2D eigenvalue weighted by Crippen LogP contribution is 2.55. The Morgan fingerprint density at radius 2 is 2.06 bits per heavy atom. The van der Waals surface area contributed by atoms with Crippen molar-refractivity contribution in [3.05, 3.63) is 0 Å². The SMILES string of the molecule is [B]OC(=O)C1N2C(=O)C(Br)(Br)C2S(=O)C1(C)C. The van der Waals surface area contributed by atoms with Gasteiger partial charge in [0.15, 0.2) is 3.23 Å². The lowest BCUT2D eigenvalue weighted by atomic mass is 9.98. The summed E-state index contributed by atoms with van der Waals surface area (Å²) in [6.45, 7) is 3.29. The number of hydrogen-bond acceptors (Lipinski definition) is 4. The number of alkyl halides is 2. The Kier molecular flexibility index (Phi) is 3.03. The molecule has 0 spiro atoms. The maximum Gasteiger partial charge on any atom is 0.378 e. The Balaban J connectivity index is 2.47. The third-order valence-corrected chi connectivity index (χ3v) is 7.48. The minimum atomic E-state index is -1.41. The lowest BCUT2D eigenvalue weighted by Crippen LogP contribution is -2.69. The molecular formula is C8H8BBr2NO4S. The number of β-lactam (4-membered cyclic amide) rings is 1. The van der Waals surface area contributed by atoms with Gasteiger partial charge in [-0.1, -0.05) is 31.9 Å². The van der Waals surface area contributed by atoms with Crippen LogP contribution >= 0.6 is 31.9 Å². The lowest BCUT2D eigenvalue weighted by Gasteiger charge is -2.46. The van der Waals surface area contributed by atoms with E-state index in [1.165, 1.54) is 4.90 Å². The Morgan fingerprint density at radius 1 is 1.53 bits per heavy atom. The van der Waals surface area contributed by atoms with Crippen LogP contribution in [0.3, 0.4) is 0 Å². The van der Waals surface area contributed by atoms with Gasteiger partial charge in [0, 0.05) is 0 Å². The third-order valence-electron chi connectivity index (χ3n) is 3.08. The summed E-state index contributed by atoms with van der Waals surface area (Å²) in [6, 6.07) is -0.922. The second kappa shape index (κ2) is 3.80. The molecular weight excluding hydrogens is 377 g/mol. The summed E-state index contributed by atoms with van der Waals surface area (Å²) in [6.07, 6.45) is 0. The van der Waals surface area contributed by atoms with Crippen molar-refractivity contribution in [2.24, 2.45) is 0 Å². The van der Waals surface area contributed by atoms with Gasteiger partial charge in [0.25, 0.3) is 5.91 Å². The van der Waals surface area contributed by atoms with E-state index in [-0.39, 0.29) is 5.91 Å². The van der Waals surface area contributed by atoms with Gasteiger partial charge in [-0.3, -0.25) is 13.8 Å². The fourth-order valence-corrected chi connectivity index (χ4v) is 5.85. The van der Waals surface area contributed by atoms with E-state index in [0.29, 0.717) is 0 Å². The Bertz CT molecular complexity index is 441. The number of halogens is 2. The topological polar surface area (TPSA) is 63.7 Å². The first-order valence-corrected chi connectivity index (χ1v) is 7.49. The van der Waals surface area contributed by atoms with Gasteiger partial charge in [-0.05, 0) is 13.8 Å². The maximum atomic E-state index is 12.3. The van der Waals surface area contributed by atoms with Crippen LogP contribution in [0.2, 0.25) is 0 Å². The minimum absolute atomic E-state index is 0.350. The number of rotatable bonds is 1. The molecule has 2 fully saturated rings. The van der Waals surface area contributed by atoms with E-state index >= 15 is 0 Å². The van der Waals surface area contributed by atoms with Gasteiger partial charge in [-0.2, -0.15) is 0 Å². The molecule has 0 N–H and O–H groups in total. The van der Waals surface area contributed by atoms with Gasteiger partial charge in [0.2, 0.25) is 0 Å². The molecule has 2 aliphatic rings. The highest BCUT2D eigenvalue weighted by Gasteiger charge is 2.73. The fourth-order valence-electron chi connectivity index (χ4n) is 2.18. The van der Waals surface area contributed by atoms with Crippen molar-refractivity contribution >= 4 is 62.6 Å². The van der Waals surface area contributed by atoms with Crippen LogP contribution in [0.4, 0.5) is 0 Å². The Labute approximate surface area is 119 Å². The third kappa shape index (κ3) is 1.51. The van der Waals surface area contributed by atoms with E-state index in [1.807, 2.05) is 0 Å². The summed E-state index contributed by atoms with van der Waals surface area (Å²) in [4.78, 5) is 24.8. The fraction of sp³-hybridized carbons (Fsp3) is 0.750. The van der Waals surface area contributed by atoms with Gasteiger partial charge >= 0.3 is 14.0 Å². The molecule has 0 aromatic heterocycles. The van der Waals surface area contributed by atoms with Crippen LogP contribution in [-0.2, 0) is 25.0 Å². The minimum Gasteiger partial charge on any atom is -0.542 e. The van der Waals surface area contributed by atoms with Crippen molar-refractivity contribution in [1.29, 1.82) is 0 Å². The molecule has 0 saturated carbocycles. The molecule has 0 bridgehead atoms. The predicted molar refractivity (Wildman–Crippen MR) is 69.1 cm³/mol. The van der Waals surface area contributed by atoms with Gasteiger partial charge in [0.05, 0.1) is 15.5 Å². The van der Waals surface area contributed by atoms with Crippen LogP contribution in [0.15, 0.2) is 0 Å². The average Bonchev–Trinajstić information content (AvgIpc) is 2.45. The maximum absolute atomic E-state index is 12.3. The van der Waals surface area contributed by atoms with Crippen LogP contribution < -0.4 is 0 Å². The van der Waals surface area contributed by atoms with E-state index in [9.17, 15) is 13.8 Å². The van der Waals surface area contributed by atoms with Crippen LogP contribution in [0.1, 0.15) is 13.8 Å². The van der Waals surface area contributed by atoms with E-state index in [4.69, 9.17) is 8.05 Å². The summed E-state index contributed by atoms with van der Waals surface area (Å²) >= 11 is 6.35. The molecule has 2 radical (unpaired) electrons. The highest BCUT2D eigenvalue weighted by atomic mass is 79.9.